The minimum absolute atomic E-state index is 0.0262. The van der Waals surface area contributed by atoms with Crippen LogP contribution in [0.15, 0.2) is 48.5 Å². The molecule has 2 aromatic rings. The van der Waals surface area contributed by atoms with Crippen LogP contribution in [0.5, 0.6) is 11.5 Å². The fourth-order valence-corrected chi connectivity index (χ4v) is 3.56. The van der Waals surface area contributed by atoms with Crippen molar-refractivity contribution in [2.45, 2.75) is 32.2 Å². The van der Waals surface area contributed by atoms with Gasteiger partial charge in [-0.05, 0) is 62.7 Å². The summed E-state index contributed by atoms with van der Waals surface area (Å²) in [6, 6.07) is 16.0. The standard InChI is InChI=1S/C23H30N2O3/c1-18-6-10-21(11-7-18)28-17-23(26)24-16-22(25-14-4-3-5-15-25)19-8-12-20(27-2)13-9-19/h6-13,22H,3-5,14-17H2,1-2H3,(H,24,26)/t22-/m0/s1. The number of likely N-dealkylation sites (tertiary alicyclic amines) is 1. The molecule has 0 saturated carbocycles. The van der Waals surface area contributed by atoms with Crippen LogP contribution in [0, 0.1) is 6.92 Å². The first-order valence-corrected chi connectivity index (χ1v) is 10.00. The number of ether oxygens (including phenoxy) is 2. The van der Waals surface area contributed by atoms with Gasteiger partial charge in [0.25, 0.3) is 5.91 Å². The molecule has 0 radical (unpaired) electrons. The predicted octanol–water partition coefficient (Wildman–Crippen LogP) is 3.73. The van der Waals surface area contributed by atoms with Crippen LogP contribution >= 0.6 is 0 Å². The molecule has 1 amide bonds. The molecule has 0 spiro atoms. The smallest absolute Gasteiger partial charge is 0.258 e. The summed E-state index contributed by atoms with van der Waals surface area (Å²) in [6.45, 7) is 4.75. The van der Waals surface area contributed by atoms with Crippen molar-refractivity contribution in [3.05, 3.63) is 59.7 Å². The number of hydrogen-bond donors (Lipinski definition) is 1. The van der Waals surface area contributed by atoms with Crippen molar-refractivity contribution in [3.63, 3.8) is 0 Å². The lowest BCUT2D eigenvalue weighted by atomic mass is 10.0. The van der Waals surface area contributed by atoms with Crippen molar-refractivity contribution in [2.24, 2.45) is 0 Å². The lowest BCUT2D eigenvalue weighted by molar-refractivity contribution is -0.123. The molecule has 1 atom stereocenters. The molecular weight excluding hydrogens is 352 g/mol. The highest BCUT2D eigenvalue weighted by Crippen LogP contribution is 2.25. The van der Waals surface area contributed by atoms with Gasteiger partial charge < -0.3 is 14.8 Å². The van der Waals surface area contributed by atoms with E-state index in [9.17, 15) is 4.79 Å². The molecular formula is C23H30N2O3. The van der Waals surface area contributed by atoms with E-state index in [0.29, 0.717) is 12.3 Å². The van der Waals surface area contributed by atoms with E-state index in [1.807, 2.05) is 43.3 Å². The quantitative estimate of drug-likeness (QED) is 0.756. The van der Waals surface area contributed by atoms with E-state index < -0.39 is 0 Å². The molecule has 1 heterocycles. The van der Waals surface area contributed by atoms with E-state index in [-0.39, 0.29) is 18.6 Å². The highest BCUT2D eigenvalue weighted by Gasteiger charge is 2.23. The van der Waals surface area contributed by atoms with Gasteiger partial charge in [0, 0.05) is 6.54 Å². The first-order valence-electron chi connectivity index (χ1n) is 10.00. The van der Waals surface area contributed by atoms with Crippen LogP contribution in [0.2, 0.25) is 0 Å². The predicted molar refractivity (Wildman–Crippen MR) is 111 cm³/mol. The third kappa shape index (κ3) is 5.73. The average Bonchev–Trinajstić information content (AvgIpc) is 2.74. The molecule has 1 aliphatic heterocycles. The highest BCUT2D eigenvalue weighted by molar-refractivity contribution is 5.77. The van der Waals surface area contributed by atoms with Crippen molar-refractivity contribution in [3.8, 4) is 11.5 Å². The molecule has 28 heavy (non-hydrogen) atoms. The topological polar surface area (TPSA) is 50.8 Å². The zero-order valence-electron chi connectivity index (χ0n) is 16.8. The summed E-state index contributed by atoms with van der Waals surface area (Å²) in [7, 11) is 1.67. The number of amides is 1. The first kappa shape index (κ1) is 20.2. The van der Waals surface area contributed by atoms with Gasteiger partial charge in [-0.15, -0.1) is 0 Å². The maximum atomic E-state index is 12.3. The number of benzene rings is 2. The van der Waals surface area contributed by atoms with Crippen molar-refractivity contribution in [2.75, 3.05) is 33.4 Å². The van der Waals surface area contributed by atoms with E-state index in [1.54, 1.807) is 7.11 Å². The zero-order chi connectivity index (χ0) is 19.8. The Balaban J connectivity index is 1.58. The van der Waals surface area contributed by atoms with Gasteiger partial charge >= 0.3 is 0 Å². The monoisotopic (exact) mass is 382 g/mol. The molecule has 5 heteroatoms. The number of aryl methyl sites for hydroxylation is 1. The third-order valence-corrected chi connectivity index (χ3v) is 5.22. The Labute approximate surface area is 167 Å². The number of methoxy groups -OCH3 is 1. The van der Waals surface area contributed by atoms with E-state index in [4.69, 9.17) is 9.47 Å². The number of piperidine rings is 1. The Hall–Kier alpha value is -2.53. The summed E-state index contributed by atoms with van der Waals surface area (Å²) >= 11 is 0. The Morgan fingerprint density at radius 2 is 1.64 bits per heavy atom. The molecule has 0 unspecified atom stereocenters. The van der Waals surface area contributed by atoms with Crippen molar-refractivity contribution in [1.29, 1.82) is 0 Å². The molecule has 1 saturated heterocycles. The van der Waals surface area contributed by atoms with Gasteiger partial charge in [-0.25, -0.2) is 0 Å². The minimum Gasteiger partial charge on any atom is -0.497 e. The fraction of sp³-hybridized carbons (Fsp3) is 0.435. The molecule has 1 fully saturated rings. The van der Waals surface area contributed by atoms with Crippen LogP contribution in [-0.4, -0.2) is 44.2 Å². The molecule has 0 aromatic heterocycles. The fourth-order valence-electron chi connectivity index (χ4n) is 3.56. The van der Waals surface area contributed by atoms with Crippen LogP contribution in [0.4, 0.5) is 0 Å². The van der Waals surface area contributed by atoms with Gasteiger partial charge in [0.2, 0.25) is 0 Å². The number of carbonyl (C=O) groups is 1. The van der Waals surface area contributed by atoms with Crippen LogP contribution in [0.3, 0.4) is 0 Å². The van der Waals surface area contributed by atoms with Gasteiger partial charge in [-0.3, -0.25) is 9.69 Å². The lowest BCUT2D eigenvalue weighted by Crippen LogP contribution is -2.41. The van der Waals surface area contributed by atoms with E-state index in [0.717, 1.165) is 18.8 Å². The maximum absolute atomic E-state index is 12.3. The van der Waals surface area contributed by atoms with Gasteiger partial charge in [0.1, 0.15) is 11.5 Å². The normalized spacial score (nSPS) is 15.6. The molecule has 3 rings (SSSR count). The van der Waals surface area contributed by atoms with E-state index >= 15 is 0 Å². The van der Waals surface area contributed by atoms with E-state index in [2.05, 4.69) is 22.3 Å². The molecule has 1 N–H and O–H groups in total. The van der Waals surface area contributed by atoms with Gasteiger partial charge in [0.15, 0.2) is 6.61 Å². The average molecular weight is 383 g/mol. The van der Waals surface area contributed by atoms with Crippen molar-refractivity contribution >= 4 is 5.91 Å². The summed E-state index contributed by atoms with van der Waals surface area (Å²) in [5.41, 5.74) is 2.36. The number of nitrogens with zero attached hydrogens (tertiary/aromatic N) is 1. The van der Waals surface area contributed by atoms with Gasteiger partial charge in [0.05, 0.1) is 13.2 Å². The lowest BCUT2D eigenvalue weighted by Gasteiger charge is -2.35. The van der Waals surface area contributed by atoms with Gasteiger partial charge in [-0.2, -0.15) is 0 Å². The van der Waals surface area contributed by atoms with Crippen LogP contribution in [0.1, 0.15) is 36.4 Å². The summed E-state index contributed by atoms with van der Waals surface area (Å²) in [5, 5.41) is 3.05. The molecule has 2 aromatic carbocycles. The number of hydrogen-bond acceptors (Lipinski definition) is 4. The first-order chi connectivity index (χ1) is 13.7. The number of carbonyl (C=O) groups excluding carboxylic acids is 1. The van der Waals surface area contributed by atoms with Gasteiger partial charge in [-0.1, -0.05) is 36.2 Å². The molecule has 150 valence electrons. The Bertz CT molecular complexity index is 737. The molecule has 0 aliphatic carbocycles. The third-order valence-electron chi connectivity index (χ3n) is 5.22. The minimum atomic E-state index is -0.101. The zero-order valence-corrected chi connectivity index (χ0v) is 16.8. The summed E-state index contributed by atoms with van der Waals surface area (Å²) < 4.78 is 10.9. The van der Waals surface area contributed by atoms with Crippen molar-refractivity contribution in [1.82, 2.24) is 10.2 Å². The Kier molecular flexibility index (Phi) is 7.31. The second-order valence-electron chi connectivity index (χ2n) is 7.29. The number of nitrogens with one attached hydrogen (secondary N) is 1. The van der Waals surface area contributed by atoms with Crippen molar-refractivity contribution < 1.29 is 14.3 Å². The SMILES string of the molecule is COc1ccc([C@H](CNC(=O)COc2ccc(C)cc2)N2CCCCC2)cc1. The van der Waals surface area contributed by atoms with E-state index in [1.165, 1.54) is 30.4 Å². The Morgan fingerprint density at radius 1 is 1.00 bits per heavy atom. The van der Waals surface area contributed by atoms with Crippen LogP contribution in [0.25, 0.3) is 0 Å². The Morgan fingerprint density at radius 3 is 2.29 bits per heavy atom. The summed E-state index contributed by atoms with van der Waals surface area (Å²) in [4.78, 5) is 14.8. The molecule has 0 bridgehead atoms. The highest BCUT2D eigenvalue weighted by atomic mass is 16.5. The largest absolute Gasteiger partial charge is 0.497 e. The van der Waals surface area contributed by atoms with Crippen LogP contribution in [-0.2, 0) is 4.79 Å². The summed E-state index contributed by atoms with van der Waals surface area (Å²) in [6.07, 6.45) is 3.69. The maximum Gasteiger partial charge on any atom is 0.258 e. The van der Waals surface area contributed by atoms with Crippen LogP contribution < -0.4 is 14.8 Å². The molecule has 1 aliphatic rings. The molecule has 5 nitrogen and oxygen atoms in total. The second-order valence-corrected chi connectivity index (χ2v) is 7.29. The summed E-state index contributed by atoms with van der Waals surface area (Å²) in [5.74, 6) is 1.45. The second kappa shape index (κ2) is 10.1. The number of rotatable bonds is 8.